The van der Waals surface area contributed by atoms with Gasteiger partial charge in [0.15, 0.2) is 5.83 Å². The molecule has 0 aromatic carbocycles. The van der Waals surface area contributed by atoms with Crippen molar-refractivity contribution in [1.82, 2.24) is 0 Å². The molecule has 0 aromatic rings. The number of hydrogen-bond donors (Lipinski definition) is 0. The molecule has 2 heteroatoms. The Labute approximate surface area is 78.7 Å². The van der Waals surface area contributed by atoms with Gasteiger partial charge in [0.2, 0.25) is 0 Å². The monoisotopic (exact) mass is 186 g/mol. The lowest BCUT2D eigenvalue weighted by Crippen LogP contribution is -1.73. The summed E-state index contributed by atoms with van der Waals surface area (Å²) in [6.45, 7) is 5.96. The third-order valence-corrected chi connectivity index (χ3v) is 1.65. The molecule has 0 aromatic heterocycles. The Morgan fingerprint density at radius 1 is 1.23 bits per heavy atom. The van der Waals surface area contributed by atoms with Crippen LogP contribution in [0.2, 0.25) is 0 Å². The van der Waals surface area contributed by atoms with Crippen LogP contribution in [0, 0.1) is 0 Å². The van der Waals surface area contributed by atoms with Crippen molar-refractivity contribution in [3.05, 3.63) is 35.5 Å². The lowest BCUT2D eigenvalue weighted by atomic mass is 10.2. The quantitative estimate of drug-likeness (QED) is 0.567. The highest BCUT2D eigenvalue weighted by molar-refractivity contribution is 5.30. The van der Waals surface area contributed by atoms with Crippen LogP contribution >= 0.6 is 0 Å². The third kappa shape index (κ3) is 4.02. The molecular weight excluding hydrogens is 170 g/mol. The van der Waals surface area contributed by atoms with E-state index in [1.165, 1.54) is 6.08 Å². The summed E-state index contributed by atoms with van der Waals surface area (Å²) in [4.78, 5) is 0. The second kappa shape index (κ2) is 6.58. The van der Waals surface area contributed by atoms with Crippen LogP contribution in [0.3, 0.4) is 0 Å². The van der Waals surface area contributed by atoms with Crippen LogP contribution in [0.15, 0.2) is 35.5 Å². The van der Waals surface area contributed by atoms with E-state index in [9.17, 15) is 8.78 Å². The van der Waals surface area contributed by atoms with E-state index in [0.717, 1.165) is 12.0 Å². The summed E-state index contributed by atoms with van der Waals surface area (Å²) in [6, 6.07) is 0. The van der Waals surface area contributed by atoms with Crippen molar-refractivity contribution < 1.29 is 8.78 Å². The van der Waals surface area contributed by atoms with Gasteiger partial charge in [0, 0.05) is 6.42 Å². The van der Waals surface area contributed by atoms with Crippen molar-refractivity contribution in [2.75, 3.05) is 0 Å². The Morgan fingerprint density at radius 3 is 2.38 bits per heavy atom. The first-order valence-electron chi connectivity index (χ1n) is 4.65. The topological polar surface area (TPSA) is 0 Å². The van der Waals surface area contributed by atoms with Crippen LogP contribution in [0.5, 0.6) is 0 Å². The van der Waals surface area contributed by atoms with Gasteiger partial charge in [-0.05, 0) is 12.5 Å². The zero-order valence-electron chi connectivity index (χ0n) is 8.40. The predicted octanol–water partition coefficient (Wildman–Crippen LogP) is 4.46. The molecule has 0 saturated heterocycles. The largest absolute Gasteiger partial charge is 0.208 e. The molecule has 0 atom stereocenters. The van der Waals surface area contributed by atoms with Crippen LogP contribution in [0.1, 0.15) is 33.6 Å². The van der Waals surface area contributed by atoms with Crippen LogP contribution < -0.4 is 0 Å². The average Bonchev–Trinajstić information content (AvgIpc) is 2.34. The lowest BCUT2D eigenvalue weighted by Gasteiger charge is -1.91. The predicted molar refractivity (Wildman–Crippen MR) is 52.7 cm³/mol. The average molecular weight is 186 g/mol. The number of hydrogen-bond acceptors (Lipinski definition) is 0. The van der Waals surface area contributed by atoms with Crippen LogP contribution in [0.4, 0.5) is 8.78 Å². The minimum Gasteiger partial charge on any atom is -0.208 e. The molecule has 0 fully saturated rings. The van der Waals surface area contributed by atoms with Crippen molar-refractivity contribution in [3.63, 3.8) is 0 Å². The molecule has 0 unspecified atom stereocenters. The van der Waals surface area contributed by atoms with Gasteiger partial charge >= 0.3 is 0 Å². The van der Waals surface area contributed by atoms with Gasteiger partial charge in [-0.1, -0.05) is 38.5 Å². The summed E-state index contributed by atoms with van der Waals surface area (Å²) in [5.74, 6) is -1.42. The Morgan fingerprint density at radius 2 is 1.85 bits per heavy atom. The summed E-state index contributed by atoms with van der Waals surface area (Å²) in [7, 11) is 0. The molecule has 0 heterocycles. The van der Waals surface area contributed by atoms with Gasteiger partial charge in [-0.25, -0.2) is 8.78 Å². The third-order valence-electron chi connectivity index (χ3n) is 1.65. The SMILES string of the molecule is CC.CCC1=CCC(F)=C(F)C=C1. The zero-order valence-corrected chi connectivity index (χ0v) is 8.40. The highest BCUT2D eigenvalue weighted by atomic mass is 19.2. The molecule has 0 aliphatic heterocycles. The Hall–Kier alpha value is -0.920. The van der Waals surface area contributed by atoms with Gasteiger partial charge in [0.05, 0.1) is 0 Å². The summed E-state index contributed by atoms with van der Waals surface area (Å²) in [5, 5.41) is 0. The summed E-state index contributed by atoms with van der Waals surface area (Å²) in [6.07, 6.45) is 5.40. The Kier molecular flexibility index (Phi) is 6.11. The highest BCUT2D eigenvalue weighted by Gasteiger charge is 2.04. The van der Waals surface area contributed by atoms with E-state index >= 15 is 0 Å². The van der Waals surface area contributed by atoms with E-state index in [-0.39, 0.29) is 6.42 Å². The van der Waals surface area contributed by atoms with Crippen molar-refractivity contribution >= 4 is 0 Å². The number of allylic oxidation sites excluding steroid dienone is 6. The molecule has 0 bridgehead atoms. The minimum atomic E-state index is -0.746. The van der Waals surface area contributed by atoms with Gasteiger partial charge in [0.25, 0.3) is 0 Å². The van der Waals surface area contributed by atoms with Gasteiger partial charge in [-0.3, -0.25) is 0 Å². The molecule has 0 spiro atoms. The second-order valence-electron chi connectivity index (χ2n) is 2.42. The standard InChI is InChI=1S/C9H10F2.C2H6/c1-2-7-3-5-8(10)9(11)6-4-7;1-2/h3-5H,2,6H2,1H3;1-2H3. The van der Waals surface area contributed by atoms with E-state index in [0.29, 0.717) is 0 Å². The fourth-order valence-corrected chi connectivity index (χ4v) is 0.919. The normalized spacial score (nSPS) is 15.9. The van der Waals surface area contributed by atoms with Gasteiger partial charge < -0.3 is 0 Å². The fourth-order valence-electron chi connectivity index (χ4n) is 0.919. The zero-order chi connectivity index (χ0) is 10.3. The molecule has 1 aliphatic carbocycles. The molecule has 74 valence electrons. The molecule has 0 nitrogen and oxygen atoms in total. The van der Waals surface area contributed by atoms with E-state index < -0.39 is 11.7 Å². The maximum Gasteiger partial charge on any atom is 0.154 e. The van der Waals surface area contributed by atoms with Gasteiger partial charge in [0.1, 0.15) is 5.83 Å². The maximum atomic E-state index is 12.6. The van der Waals surface area contributed by atoms with E-state index in [1.54, 1.807) is 12.2 Å². The molecule has 0 amide bonds. The molecule has 1 aliphatic rings. The molecule has 0 radical (unpaired) electrons. The highest BCUT2D eigenvalue weighted by Crippen LogP contribution is 2.20. The second-order valence-corrected chi connectivity index (χ2v) is 2.42. The van der Waals surface area contributed by atoms with Crippen molar-refractivity contribution in [3.8, 4) is 0 Å². The maximum absolute atomic E-state index is 12.6. The first-order chi connectivity index (χ1) is 6.24. The molecule has 0 saturated carbocycles. The Bertz CT molecular complexity index is 234. The first-order valence-corrected chi connectivity index (χ1v) is 4.65. The van der Waals surface area contributed by atoms with Crippen LogP contribution in [-0.4, -0.2) is 0 Å². The smallest absolute Gasteiger partial charge is 0.154 e. The molecule has 0 N–H and O–H groups in total. The van der Waals surface area contributed by atoms with E-state index in [1.807, 2.05) is 20.8 Å². The molecule has 13 heavy (non-hydrogen) atoms. The number of halogens is 2. The summed E-state index contributed by atoms with van der Waals surface area (Å²) in [5.41, 5.74) is 0.979. The van der Waals surface area contributed by atoms with Gasteiger partial charge in [-0.2, -0.15) is 0 Å². The summed E-state index contributed by atoms with van der Waals surface area (Å²) >= 11 is 0. The van der Waals surface area contributed by atoms with Crippen molar-refractivity contribution in [2.45, 2.75) is 33.6 Å². The van der Waals surface area contributed by atoms with Crippen LogP contribution in [0.25, 0.3) is 0 Å². The fraction of sp³-hybridized carbons (Fsp3) is 0.455. The van der Waals surface area contributed by atoms with Gasteiger partial charge in [-0.15, -0.1) is 0 Å². The first kappa shape index (κ1) is 12.1. The van der Waals surface area contributed by atoms with Crippen molar-refractivity contribution in [2.24, 2.45) is 0 Å². The van der Waals surface area contributed by atoms with Crippen molar-refractivity contribution in [1.29, 1.82) is 0 Å². The molecule has 1 rings (SSSR count). The lowest BCUT2D eigenvalue weighted by molar-refractivity contribution is 0.542. The van der Waals surface area contributed by atoms with E-state index in [4.69, 9.17) is 0 Å². The number of rotatable bonds is 1. The Balaban J connectivity index is 0.000000671. The minimum absolute atomic E-state index is 0.0853. The molecular formula is C11H16F2. The summed E-state index contributed by atoms with van der Waals surface area (Å²) < 4.78 is 25.1. The van der Waals surface area contributed by atoms with Crippen LogP contribution in [-0.2, 0) is 0 Å². The van der Waals surface area contributed by atoms with E-state index in [2.05, 4.69) is 0 Å².